The molecule has 0 spiro atoms. The predicted octanol–water partition coefficient (Wildman–Crippen LogP) is 3.87. The number of benzene rings is 2. The number of aromatic nitrogens is 2. The van der Waals surface area contributed by atoms with Gasteiger partial charge in [0.05, 0.1) is 23.8 Å². The molecule has 0 saturated carbocycles. The molecule has 1 aromatic heterocycles. The molecule has 1 saturated heterocycles. The summed E-state index contributed by atoms with van der Waals surface area (Å²) in [7, 11) is -3.60. The third-order valence-corrected chi connectivity index (χ3v) is 7.11. The van der Waals surface area contributed by atoms with E-state index in [0.29, 0.717) is 54.0 Å². The van der Waals surface area contributed by atoms with Crippen LogP contribution in [-0.2, 0) is 14.8 Å². The van der Waals surface area contributed by atoms with Crippen molar-refractivity contribution in [2.75, 3.05) is 31.6 Å². The number of rotatable bonds is 5. The van der Waals surface area contributed by atoms with E-state index in [9.17, 15) is 8.42 Å². The van der Waals surface area contributed by atoms with Gasteiger partial charge in [-0.15, -0.1) is 10.2 Å². The highest BCUT2D eigenvalue weighted by Crippen LogP contribution is 2.27. The van der Waals surface area contributed by atoms with Gasteiger partial charge in [0.25, 0.3) is 0 Å². The average molecular weight is 445 g/mol. The van der Waals surface area contributed by atoms with Gasteiger partial charge in [0, 0.05) is 29.4 Å². The number of ether oxygens (including phenoxy) is 1. The van der Waals surface area contributed by atoms with E-state index in [1.165, 1.54) is 4.31 Å². The van der Waals surface area contributed by atoms with Gasteiger partial charge in [0.1, 0.15) is 0 Å². The SMILES string of the molecule is Cc1ccc(-c2ccc(Nc3cccc(Cl)c3)nn2)cc1S(=O)(=O)N1CCOCC1. The van der Waals surface area contributed by atoms with E-state index in [4.69, 9.17) is 16.3 Å². The third kappa shape index (κ3) is 4.46. The Balaban J connectivity index is 1.59. The number of halogens is 1. The highest BCUT2D eigenvalue weighted by Gasteiger charge is 2.28. The molecule has 1 fully saturated rings. The number of sulfonamides is 1. The number of anilines is 2. The van der Waals surface area contributed by atoms with Crippen LogP contribution in [0.4, 0.5) is 11.5 Å². The van der Waals surface area contributed by atoms with Gasteiger partial charge < -0.3 is 10.1 Å². The number of aryl methyl sites for hydroxylation is 1. The summed E-state index contributed by atoms with van der Waals surface area (Å²) in [4.78, 5) is 0.282. The minimum atomic E-state index is -3.60. The zero-order chi connectivity index (χ0) is 21.1. The second kappa shape index (κ2) is 8.69. The van der Waals surface area contributed by atoms with Gasteiger partial charge in [0.15, 0.2) is 5.82 Å². The molecule has 0 aliphatic carbocycles. The smallest absolute Gasteiger partial charge is 0.243 e. The molecule has 30 heavy (non-hydrogen) atoms. The first-order valence-corrected chi connectivity index (χ1v) is 11.3. The van der Waals surface area contributed by atoms with Crippen molar-refractivity contribution in [1.82, 2.24) is 14.5 Å². The minimum Gasteiger partial charge on any atom is -0.379 e. The number of hydrogen-bond donors (Lipinski definition) is 1. The van der Waals surface area contributed by atoms with E-state index >= 15 is 0 Å². The standard InChI is InChI=1S/C21H21ClN4O3S/c1-15-5-6-16(13-20(15)30(27,28)26-9-11-29-12-10-26)19-7-8-21(25-24-19)23-18-4-2-3-17(22)14-18/h2-8,13-14H,9-12H2,1H3,(H,23,25). The number of nitrogens with zero attached hydrogens (tertiary/aromatic N) is 3. The Morgan fingerprint density at radius 1 is 1.03 bits per heavy atom. The minimum absolute atomic E-state index is 0.282. The molecule has 0 radical (unpaired) electrons. The highest BCUT2D eigenvalue weighted by atomic mass is 35.5. The van der Waals surface area contributed by atoms with Crippen molar-refractivity contribution in [3.8, 4) is 11.3 Å². The van der Waals surface area contributed by atoms with Crippen molar-refractivity contribution in [2.45, 2.75) is 11.8 Å². The number of morpholine rings is 1. The van der Waals surface area contributed by atoms with Crippen LogP contribution in [0.15, 0.2) is 59.5 Å². The summed E-state index contributed by atoms with van der Waals surface area (Å²) in [5.74, 6) is 0.564. The molecule has 156 valence electrons. The van der Waals surface area contributed by atoms with Crippen LogP contribution in [0, 0.1) is 6.92 Å². The topological polar surface area (TPSA) is 84.4 Å². The molecule has 0 atom stereocenters. The second-order valence-corrected chi connectivity index (χ2v) is 9.28. The molecule has 2 aromatic carbocycles. The maximum Gasteiger partial charge on any atom is 0.243 e. The molecule has 0 amide bonds. The van der Waals surface area contributed by atoms with Gasteiger partial charge in [-0.1, -0.05) is 29.8 Å². The lowest BCUT2D eigenvalue weighted by Gasteiger charge is -2.26. The van der Waals surface area contributed by atoms with E-state index in [1.807, 2.05) is 18.2 Å². The van der Waals surface area contributed by atoms with Crippen LogP contribution in [0.25, 0.3) is 11.3 Å². The lowest BCUT2D eigenvalue weighted by Crippen LogP contribution is -2.40. The first-order chi connectivity index (χ1) is 14.4. The molecule has 1 aliphatic heterocycles. The first kappa shape index (κ1) is 20.7. The maximum absolute atomic E-state index is 13.1. The van der Waals surface area contributed by atoms with Crippen molar-refractivity contribution in [2.24, 2.45) is 0 Å². The molecule has 7 nitrogen and oxygen atoms in total. The van der Waals surface area contributed by atoms with Gasteiger partial charge in [-0.05, 0) is 48.9 Å². The van der Waals surface area contributed by atoms with E-state index in [2.05, 4.69) is 15.5 Å². The first-order valence-electron chi connectivity index (χ1n) is 9.49. The van der Waals surface area contributed by atoms with E-state index in [0.717, 1.165) is 5.69 Å². The molecule has 1 aliphatic rings. The molecule has 0 unspecified atom stereocenters. The summed E-state index contributed by atoms with van der Waals surface area (Å²) >= 11 is 6.00. The third-order valence-electron chi connectivity index (χ3n) is 4.83. The fraction of sp³-hybridized carbons (Fsp3) is 0.238. The van der Waals surface area contributed by atoms with Crippen LogP contribution in [0.2, 0.25) is 5.02 Å². The molecule has 0 bridgehead atoms. The molecule has 4 rings (SSSR count). The number of nitrogens with one attached hydrogen (secondary N) is 1. The van der Waals surface area contributed by atoms with Crippen molar-refractivity contribution < 1.29 is 13.2 Å². The highest BCUT2D eigenvalue weighted by molar-refractivity contribution is 7.89. The zero-order valence-electron chi connectivity index (χ0n) is 16.4. The lowest BCUT2D eigenvalue weighted by atomic mass is 10.1. The second-order valence-electron chi connectivity index (χ2n) is 6.94. The van der Waals surface area contributed by atoms with Crippen LogP contribution in [0.1, 0.15) is 5.56 Å². The summed E-state index contributed by atoms with van der Waals surface area (Å²) in [6, 6.07) is 16.2. The Bertz CT molecular complexity index is 1150. The average Bonchev–Trinajstić information content (AvgIpc) is 2.75. The summed E-state index contributed by atoms with van der Waals surface area (Å²) < 4.78 is 32.9. The molecule has 2 heterocycles. The quantitative estimate of drug-likeness (QED) is 0.643. The van der Waals surface area contributed by atoms with E-state index in [-0.39, 0.29) is 4.90 Å². The van der Waals surface area contributed by atoms with Crippen molar-refractivity contribution in [3.63, 3.8) is 0 Å². The Hall–Kier alpha value is -2.52. The van der Waals surface area contributed by atoms with Gasteiger partial charge in [-0.3, -0.25) is 0 Å². The van der Waals surface area contributed by atoms with Gasteiger partial charge in [-0.2, -0.15) is 4.31 Å². The fourth-order valence-corrected chi connectivity index (χ4v) is 5.08. The summed E-state index contributed by atoms with van der Waals surface area (Å²) in [6.45, 7) is 3.32. The van der Waals surface area contributed by atoms with Crippen LogP contribution in [-0.4, -0.2) is 49.2 Å². The molecule has 3 aromatic rings. The maximum atomic E-state index is 13.1. The van der Waals surface area contributed by atoms with Crippen molar-refractivity contribution >= 4 is 33.1 Å². The van der Waals surface area contributed by atoms with Crippen molar-refractivity contribution in [3.05, 3.63) is 65.2 Å². The Kier molecular flexibility index (Phi) is 6.01. The molecule has 1 N–H and O–H groups in total. The summed E-state index contributed by atoms with van der Waals surface area (Å²) in [5.41, 5.74) is 2.77. The fourth-order valence-electron chi connectivity index (χ4n) is 3.23. The predicted molar refractivity (Wildman–Crippen MR) is 117 cm³/mol. The van der Waals surface area contributed by atoms with Crippen LogP contribution >= 0.6 is 11.6 Å². The van der Waals surface area contributed by atoms with Gasteiger partial charge >= 0.3 is 0 Å². The molecular formula is C21H21ClN4O3S. The van der Waals surface area contributed by atoms with E-state index in [1.54, 1.807) is 43.3 Å². The van der Waals surface area contributed by atoms with Crippen LogP contribution in [0.3, 0.4) is 0 Å². The Morgan fingerprint density at radius 3 is 2.53 bits per heavy atom. The van der Waals surface area contributed by atoms with Crippen LogP contribution in [0.5, 0.6) is 0 Å². The zero-order valence-corrected chi connectivity index (χ0v) is 17.9. The lowest BCUT2D eigenvalue weighted by molar-refractivity contribution is 0.0730. The Labute approximate surface area is 180 Å². The van der Waals surface area contributed by atoms with E-state index < -0.39 is 10.0 Å². The molecular weight excluding hydrogens is 424 g/mol. The van der Waals surface area contributed by atoms with Crippen molar-refractivity contribution in [1.29, 1.82) is 0 Å². The Morgan fingerprint density at radius 2 is 1.83 bits per heavy atom. The largest absolute Gasteiger partial charge is 0.379 e. The van der Waals surface area contributed by atoms with Crippen LogP contribution < -0.4 is 5.32 Å². The summed E-state index contributed by atoms with van der Waals surface area (Å²) in [6.07, 6.45) is 0. The summed E-state index contributed by atoms with van der Waals surface area (Å²) in [5, 5.41) is 12.2. The monoisotopic (exact) mass is 444 g/mol. The van der Waals surface area contributed by atoms with Gasteiger partial charge in [0.2, 0.25) is 10.0 Å². The number of hydrogen-bond acceptors (Lipinski definition) is 6. The molecule has 9 heteroatoms. The normalized spacial score (nSPS) is 15.1. The van der Waals surface area contributed by atoms with Gasteiger partial charge in [-0.25, -0.2) is 8.42 Å².